The van der Waals surface area contributed by atoms with Crippen molar-refractivity contribution in [1.82, 2.24) is 0 Å². The van der Waals surface area contributed by atoms with Crippen LogP contribution in [0.3, 0.4) is 0 Å². The van der Waals surface area contributed by atoms with Gasteiger partial charge in [0.1, 0.15) is 17.5 Å². The maximum Gasteiger partial charge on any atom is 0.219 e. The highest BCUT2D eigenvalue weighted by Gasteiger charge is 2.32. The fourth-order valence-electron chi connectivity index (χ4n) is 4.30. The summed E-state index contributed by atoms with van der Waals surface area (Å²) in [6.45, 7) is 1.58. The molecule has 0 radical (unpaired) electrons. The first-order valence-electron chi connectivity index (χ1n) is 10.1. The lowest BCUT2D eigenvalue weighted by atomic mass is 9.93. The smallest absolute Gasteiger partial charge is 0.207 e. The monoisotopic (exact) mass is 490 g/mol. The van der Waals surface area contributed by atoms with Gasteiger partial charge in [-0.3, -0.25) is 0 Å². The van der Waals surface area contributed by atoms with Crippen LogP contribution in [0.1, 0.15) is 5.56 Å². The van der Waals surface area contributed by atoms with E-state index in [2.05, 4.69) is 0 Å². The van der Waals surface area contributed by atoms with E-state index >= 15 is 0 Å². The average Bonchev–Trinajstić information content (AvgIpc) is 2.82. The Hall–Kier alpha value is -4.01. The van der Waals surface area contributed by atoms with Gasteiger partial charge in [-0.15, -0.1) is 0 Å². The van der Waals surface area contributed by atoms with Crippen molar-refractivity contribution in [2.45, 2.75) is 6.92 Å². The van der Waals surface area contributed by atoms with Gasteiger partial charge in [0.05, 0.1) is 16.3 Å². The van der Waals surface area contributed by atoms with E-state index in [1.54, 1.807) is 6.92 Å². The molecule has 0 saturated heterocycles. The lowest BCUT2D eigenvalue weighted by molar-refractivity contribution is -0.538. The second kappa shape index (κ2) is 8.04. The second-order valence-corrected chi connectivity index (χ2v) is 7.91. The van der Waals surface area contributed by atoms with Crippen LogP contribution in [0.25, 0.3) is 38.6 Å². The molecule has 35 heavy (non-hydrogen) atoms. The first-order chi connectivity index (χ1) is 16.6. The first-order valence-corrected chi connectivity index (χ1v) is 10.1. The quantitative estimate of drug-likeness (QED) is 0.0801. The Morgan fingerprint density at radius 2 is 0.914 bits per heavy atom. The molecule has 1 heterocycles. The third-order valence-corrected chi connectivity index (χ3v) is 5.80. The Bertz CT molecular complexity index is 1600. The molecule has 0 bridgehead atoms. The Morgan fingerprint density at radius 1 is 0.486 bits per heavy atom. The van der Waals surface area contributed by atoms with Gasteiger partial charge in [-0.2, -0.15) is 4.57 Å². The topological polar surface area (TPSA) is 3.88 Å². The third kappa shape index (κ3) is 3.41. The molecule has 0 N–H and O–H groups in total. The van der Waals surface area contributed by atoms with Crippen LogP contribution < -0.4 is 4.57 Å². The van der Waals surface area contributed by atoms with Crippen LogP contribution in [0.2, 0.25) is 0 Å². The van der Waals surface area contributed by atoms with E-state index in [0.29, 0.717) is 11.3 Å². The predicted molar refractivity (Wildman–Crippen MR) is 113 cm³/mol. The van der Waals surface area contributed by atoms with Crippen molar-refractivity contribution in [2.75, 3.05) is 0 Å². The molecule has 5 rings (SSSR count). The number of fused-ring (bicyclic) bond motifs is 2. The highest BCUT2D eigenvalue weighted by molar-refractivity contribution is 6.07. The van der Waals surface area contributed by atoms with E-state index in [1.807, 2.05) is 0 Å². The number of rotatable bonds is 2. The van der Waals surface area contributed by atoms with Crippen LogP contribution in [0.15, 0.2) is 54.6 Å². The minimum atomic E-state index is -2.36. The zero-order valence-electron chi connectivity index (χ0n) is 17.7. The molecule has 0 spiro atoms. The van der Waals surface area contributed by atoms with Crippen molar-refractivity contribution in [1.29, 1.82) is 0 Å². The second-order valence-electron chi connectivity index (χ2n) is 7.91. The van der Waals surface area contributed by atoms with E-state index < -0.39 is 57.7 Å². The first kappa shape index (κ1) is 22.8. The van der Waals surface area contributed by atoms with Crippen LogP contribution >= 0.6 is 0 Å². The standard InChI is InChI=1S/C26H12F8N/c1-11-8-12(27)2-5-17(11)35-18-6-3-13(28)9-15(18)20(16-10-14(29)4-7-19(16)35)21-22(30)24(32)26(34)25(33)23(21)31/h2-10H,1H3/q+1. The van der Waals surface area contributed by atoms with Crippen LogP contribution in [0.5, 0.6) is 0 Å². The summed E-state index contributed by atoms with van der Waals surface area (Å²) in [5, 5.41) is -0.509. The summed E-state index contributed by atoms with van der Waals surface area (Å²) in [6.07, 6.45) is 0. The largest absolute Gasteiger partial charge is 0.219 e. The third-order valence-electron chi connectivity index (χ3n) is 5.80. The molecule has 0 saturated carbocycles. The number of pyridine rings is 1. The molecule has 1 aromatic heterocycles. The Morgan fingerprint density at radius 3 is 1.40 bits per heavy atom. The number of aryl methyl sites for hydroxylation is 1. The maximum absolute atomic E-state index is 14.9. The summed E-state index contributed by atoms with van der Waals surface area (Å²) in [5.74, 6) is -13.3. The minimum absolute atomic E-state index is 0.0964. The molecule has 0 aliphatic carbocycles. The van der Waals surface area contributed by atoms with Gasteiger partial charge < -0.3 is 0 Å². The molecule has 0 aliphatic heterocycles. The van der Waals surface area contributed by atoms with Gasteiger partial charge in [0.15, 0.2) is 23.3 Å². The van der Waals surface area contributed by atoms with Crippen molar-refractivity contribution in [2.24, 2.45) is 0 Å². The van der Waals surface area contributed by atoms with Gasteiger partial charge in [-0.1, -0.05) is 0 Å². The summed E-state index contributed by atoms with van der Waals surface area (Å²) < 4.78 is 116. The molecule has 0 unspecified atom stereocenters. The maximum atomic E-state index is 14.9. The number of nitrogens with zero attached hydrogens (tertiary/aromatic N) is 1. The average molecular weight is 490 g/mol. The Balaban J connectivity index is 2.09. The van der Waals surface area contributed by atoms with Gasteiger partial charge in [-0.25, -0.2) is 35.1 Å². The summed E-state index contributed by atoms with van der Waals surface area (Å²) in [7, 11) is 0. The number of benzene rings is 4. The predicted octanol–water partition coefficient (Wildman–Crippen LogP) is 7.36. The van der Waals surface area contributed by atoms with Crippen LogP contribution in [-0.2, 0) is 0 Å². The van der Waals surface area contributed by atoms with Gasteiger partial charge in [0.2, 0.25) is 22.5 Å². The molecule has 176 valence electrons. The fourth-order valence-corrected chi connectivity index (χ4v) is 4.30. The van der Waals surface area contributed by atoms with Crippen LogP contribution in [0, 0.1) is 53.5 Å². The fraction of sp³-hybridized carbons (Fsp3) is 0.0385. The van der Waals surface area contributed by atoms with Crippen molar-refractivity contribution in [3.8, 4) is 16.8 Å². The Kier molecular flexibility index (Phi) is 5.23. The molecule has 0 atom stereocenters. The highest BCUT2D eigenvalue weighted by Crippen LogP contribution is 2.40. The Labute approximate surface area is 192 Å². The molecule has 1 nitrogen and oxygen atoms in total. The zero-order chi connectivity index (χ0) is 25.2. The van der Waals surface area contributed by atoms with Crippen molar-refractivity contribution >= 4 is 21.8 Å². The summed E-state index contributed by atoms with van der Waals surface area (Å²) in [4.78, 5) is 0. The minimum Gasteiger partial charge on any atom is -0.207 e. The molecule has 5 aromatic rings. The number of hydrogen-bond acceptors (Lipinski definition) is 0. The van der Waals surface area contributed by atoms with Gasteiger partial charge in [0, 0.05) is 29.3 Å². The van der Waals surface area contributed by atoms with Crippen molar-refractivity contribution in [3.05, 3.63) is 107 Å². The van der Waals surface area contributed by atoms with E-state index in [-0.39, 0.29) is 21.8 Å². The number of aromatic nitrogens is 1. The molecular weight excluding hydrogens is 478 g/mol. The summed E-state index contributed by atoms with van der Waals surface area (Å²) >= 11 is 0. The van der Waals surface area contributed by atoms with Crippen LogP contribution in [0.4, 0.5) is 35.1 Å². The summed E-state index contributed by atoms with van der Waals surface area (Å²) in [6, 6.07) is 10.0. The summed E-state index contributed by atoms with van der Waals surface area (Å²) in [5.41, 5.74) is -0.939. The van der Waals surface area contributed by atoms with Gasteiger partial charge >= 0.3 is 0 Å². The molecule has 0 amide bonds. The van der Waals surface area contributed by atoms with E-state index in [0.717, 1.165) is 30.3 Å². The normalized spacial score (nSPS) is 11.6. The molecular formula is C26H12F8N+. The van der Waals surface area contributed by atoms with E-state index in [4.69, 9.17) is 0 Å². The van der Waals surface area contributed by atoms with Crippen molar-refractivity contribution in [3.63, 3.8) is 0 Å². The molecule has 9 heteroatoms. The molecule has 4 aromatic carbocycles. The van der Waals surface area contributed by atoms with E-state index in [1.165, 1.54) is 28.8 Å². The lowest BCUT2D eigenvalue weighted by Gasteiger charge is -2.15. The number of hydrogen-bond donors (Lipinski definition) is 0. The lowest BCUT2D eigenvalue weighted by Crippen LogP contribution is -2.34. The molecule has 0 fully saturated rings. The van der Waals surface area contributed by atoms with Crippen molar-refractivity contribution < 1.29 is 39.7 Å². The van der Waals surface area contributed by atoms with Crippen LogP contribution in [-0.4, -0.2) is 0 Å². The zero-order valence-corrected chi connectivity index (χ0v) is 17.7. The van der Waals surface area contributed by atoms with Gasteiger partial charge in [-0.05, 0) is 43.3 Å². The van der Waals surface area contributed by atoms with E-state index in [9.17, 15) is 35.1 Å². The van der Waals surface area contributed by atoms with Gasteiger partial charge in [0.25, 0.3) is 0 Å². The SMILES string of the molecule is Cc1cc(F)ccc1-[n+]1c2ccc(F)cc2c(-c2c(F)c(F)c(F)c(F)c2F)c2cc(F)ccc21. The highest BCUT2D eigenvalue weighted by atomic mass is 19.2. The number of halogens is 8. The molecule has 0 aliphatic rings.